The molecule has 18 heavy (non-hydrogen) atoms. The summed E-state index contributed by atoms with van der Waals surface area (Å²) in [6, 6.07) is 8.87. The first-order valence-electron chi connectivity index (χ1n) is 6.33. The van der Waals surface area contributed by atoms with Crippen LogP contribution in [0.3, 0.4) is 0 Å². The molecule has 0 heterocycles. The molecule has 0 amide bonds. The van der Waals surface area contributed by atoms with Crippen molar-refractivity contribution in [1.29, 1.82) is 0 Å². The molecular weight excluding hydrogens is 342 g/mol. The number of halogens is 2. The van der Waals surface area contributed by atoms with Gasteiger partial charge in [0.1, 0.15) is 0 Å². The van der Waals surface area contributed by atoms with Crippen molar-refractivity contribution in [3.63, 3.8) is 0 Å². The summed E-state index contributed by atoms with van der Waals surface area (Å²) in [7, 11) is 0. The number of benzene rings is 1. The van der Waals surface area contributed by atoms with Gasteiger partial charge in [-0.1, -0.05) is 0 Å². The molecule has 1 aliphatic rings. The molecule has 0 fully saturated rings. The van der Waals surface area contributed by atoms with Crippen LogP contribution in [0.1, 0.15) is 53.8 Å². The molecule has 1 atom stereocenters. The number of fused-ring (bicyclic) bond motifs is 1. The first-order chi connectivity index (χ1) is 7.83. The predicted octanol–water partition coefficient (Wildman–Crippen LogP) is -1.35. The van der Waals surface area contributed by atoms with Crippen molar-refractivity contribution < 1.29 is 49.5 Å². The number of allylic oxidation sites excluding steroid dienone is 1. The van der Waals surface area contributed by atoms with Crippen LogP contribution < -0.4 is 24.8 Å². The molecular formula is C15H19Cl2Zr. The van der Waals surface area contributed by atoms with E-state index in [1.165, 1.54) is 37.7 Å². The van der Waals surface area contributed by atoms with E-state index in [4.69, 9.17) is 0 Å². The summed E-state index contributed by atoms with van der Waals surface area (Å²) in [6.45, 7) is 2.28. The minimum Gasteiger partial charge on any atom is -1.00 e. The largest absolute Gasteiger partial charge is 1.00 e. The molecule has 1 aromatic rings. The van der Waals surface area contributed by atoms with Gasteiger partial charge in [0.25, 0.3) is 0 Å². The second-order valence-corrected chi connectivity index (χ2v) is 6.01. The zero-order valence-electron chi connectivity index (χ0n) is 10.8. The second-order valence-electron chi connectivity index (χ2n) is 4.59. The molecule has 0 saturated carbocycles. The van der Waals surface area contributed by atoms with Crippen LogP contribution in [-0.2, 0) is 24.7 Å². The molecule has 0 N–H and O–H groups in total. The van der Waals surface area contributed by atoms with Crippen LogP contribution in [0.25, 0.3) is 6.08 Å². The summed E-state index contributed by atoms with van der Waals surface area (Å²) in [5, 5.41) is 0. The molecule has 1 aromatic carbocycles. The van der Waals surface area contributed by atoms with E-state index < -0.39 is 0 Å². The van der Waals surface area contributed by atoms with Crippen molar-refractivity contribution in [3.8, 4) is 0 Å². The van der Waals surface area contributed by atoms with Crippen molar-refractivity contribution in [2.45, 2.75) is 42.7 Å². The summed E-state index contributed by atoms with van der Waals surface area (Å²) in [5.74, 6) is 0. The average Bonchev–Trinajstić information content (AvgIpc) is 2.63. The number of unbranched alkanes of at least 4 members (excludes halogenated alkanes) is 3. The summed E-state index contributed by atoms with van der Waals surface area (Å²) < 4.78 is 0.741. The van der Waals surface area contributed by atoms with Crippen molar-refractivity contribution in [2.75, 3.05) is 0 Å². The monoisotopic (exact) mass is 359 g/mol. The van der Waals surface area contributed by atoms with Crippen molar-refractivity contribution in [2.24, 2.45) is 0 Å². The molecule has 0 bridgehead atoms. The van der Waals surface area contributed by atoms with Gasteiger partial charge in [-0.2, -0.15) is 0 Å². The van der Waals surface area contributed by atoms with Gasteiger partial charge in [0, 0.05) is 0 Å². The molecule has 1 aliphatic carbocycles. The number of rotatable bonds is 5. The molecule has 0 aromatic heterocycles. The minimum absolute atomic E-state index is 0. The Balaban J connectivity index is 0.00000144. The van der Waals surface area contributed by atoms with Crippen molar-refractivity contribution in [1.82, 2.24) is 0 Å². The molecule has 0 saturated heterocycles. The topological polar surface area (TPSA) is 0 Å². The van der Waals surface area contributed by atoms with Gasteiger partial charge in [-0.15, -0.1) is 0 Å². The van der Waals surface area contributed by atoms with Crippen LogP contribution in [-0.4, -0.2) is 0 Å². The fourth-order valence-corrected chi connectivity index (χ4v) is 3.57. The Hall–Kier alpha value is 0.423. The normalized spacial score (nSPS) is 16.4. The van der Waals surface area contributed by atoms with Crippen LogP contribution in [0.2, 0.25) is 0 Å². The van der Waals surface area contributed by atoms with Crippen LogP contribution >= 0.6 is 0 Å². The third-order valence-corrected chi connectivity index (χ3v) is 5.01. The van der Waals surface area contributed by atoms with E-state index in [1.54, 1.807) is 35.9 Å². The van der Waals surface area contributed by atoms with Crippen molar-refractivity contribution in [3.05, 3.63) is 41.0 Å². The maximum atomic E-state index is 2.43. The zero-order valence-corrected chi connectivity index (χ0v) is 14.7. The maximum absolute atomic E-state index is 2.43. The molecule has 0 radical (unpaired) electrons. The second kappa shape index (κ2) is 9.35. The van der Waals surface area contributed by atoms with Gasteiger partial charge in [-0.3, -0.25) is 0 Å². The Labute approximate surface area is 138 Å². The third kappa shape index (κ3) is 4.51. The predicted molar refractivity (Wildman–Crippen MR) is 65.9 cm³/mol. The van der Waals surface area contributed by atoms with Gasteiger partial charge in [-0.05, 0) is 0 Å². The summed E-state index contributed by atoms with van der Waals surface area (Å²) in [4.78, 5) is 0. The van der Waals surface area contributed by atoms with Gasteiger partial charge in [0.05, 0.1) is 0 Å². The first kappa shape index (κ1) is 18.4. The Morgan fingerprint density at radius 3 is 2.44 bits per heavy atom. The smallest absolute Gasteiger partial charge is 1.00 e. The summed E-state index contributed by atoms with van der Waals surface area (Å²) in [5.41, 5.74) is 4.71. The Kier molecular flexibility index (Phi) is 9.57. The molecule has 0 aliphatic heterocycles. The third-order valence-electron chi connectivity index (χ3n) is 3.34. The van der Waals surface area contributed by atoms with Gasteiger partial charge < -0.3 is 24.8 Å². The Bertz CT molecular complexity index is 388. The van der Waals surface area contributed by atoms with E-state index >= 15 is 0 Å². The molecule has 0 nitrogen and oxygen atoms in total. The molecule has 1 unspecified atom stereocenters. The molecule has 3 heteroatoms. The van der Waals surface area contributed by atoms with Gasteiger partial charge in [0.2, 0.25) is 0 Å². The SMILES string of the molecule is CCCCCCC1=Cc2ccccc2[CH]1[Zr+2].[Cl-].[Cl-]. The van der Waals surface area contributed by atoms with Crippen molar-refractivity contribution >= 4 is 6.08 Å². The number of hydrogen-bond acceptors (Lipinski definition) is 0. The van der Waals surface area contributed by atoms with E-state index in [-0.39, 0.29) is 24.8 Å². The van der Waals surface area contributed by atoms with Crippen LogP contribution in [0, 0.1) is 0 Å². The van der Waals surface area contributed by atoms with Crippen LogP contribution in [0.15, 0.2) is 29.8 Å². The molecule has 97 valence electrons. The van der Waals surface area contributed by atoms with Gasteiger partial charge >= 0.3 is 114 Å². The van der Waals surface area contributed by atoms with E-state index in [1.807, 2.05) is 0 Å². The molecule has 2 rings (SSSR count). The van der Waals surface area contributed by atoms with Crippen LogP contribution in [0.4, 0.5) is 0 Å². The quantitative estimate of drug-likeness (QED) is 0.569. The Morgan fingerprint density at radius 1 is 1.06 bits per heavy atom. The minimum atomic E-state index is 0. The fraction of sp³-hybridized carbons (Fsp3) is 0.467. The summed E-state index contributed by atoms with van der Waals surface area (Å²) >= 11 is 1.64. The average molecular weight is 361 g/mol. The number of hydrogen-bond donors (Lipinski definition) is 0. The van der Waals surface area contributed by atoms with E-state index in [2.05, 4.69) is 37.3 Å². The van der Waals surface area contributed by atoms with E-state index in [0.29, 0.717) is 0 Å². The molecule has 0 spiro atoms. The van der Waals surface area contributed by atoms with E-state index in [0.717, 1.165) is 3.63 Å². The first-order valence-corrected chi connectivity index (χ1v) is 7.75. The van der Waals surface area contributed by atoms with Gasteiger partial charge in [-0.25, -0.2) is 0 Å². The zero-order chi connectivity index (χ0) is 11.4. The standard InChI is InChI=1S/C15H19.2ClH.Zr/c1-2-3-4-5-8-13-11-14-9-6-7-10-15(14)12-13;;;/h6-7,9-12H,2-5,8H2,1H3;2*1H;/q;;;+2/p-2. The summed E-state index contributed by atoms with van der Waals surface area (Å²) in [6.07, 6.45) is 9.24. The van der Waals surface area contributed by atoms with E-state index in [9.17, 15) is 0 Å². The maximum Gasteiger partial charge on any atom is -1.00 e. The van der Waals surface area contributed by atoms with Crippen LogP contribution in [0.5, 0.6) is 0 Å². The Morgan fingerprint density at radius 2 is 1.78 bits per heavy atom. The fourth-order valence-electron chi connectivity index (χ4n) is 2.36. The van der Waals surface area contributed by atoms with Gasteiger partial charge in [0.15, 0.2) is 0 Å².